The van der Waals surface area contributed by atoms with Crippen LogP contribution >= 0.6 is 15.9 Å². The zero-order valence-corrected chi connectivity index (χ0v) is 24.9. The Labute approximate surface area is 253 Å². The van der Waals surface area contributed by atoms with E-state index in [9.17, 15) is 10.1 Å². The van der Waals surface area contributed by atoms with Gasteiger partial charge in [0.15, 0.2) is 11.5 Å². The van der Waals surface area contributed by atoms with Crippen molar-refractivity contribution >= 4 is 39.2 Å². The Hall–Kier alpha value is -4.43. The molecule has 0 aromatic heterocycles. The van der Waals surface area contributed by atoms with Gasteiger partial charge in [0, 0.05) is 30.0 Å². The number of nitrogens with zero attached hydrogens (tertiary/aromatic N) is 2. The van der Waals surface area contributed by atoms with E-state index in [1.54, 1.807) is 25.5 Å². The summed E-state index contributed by atoms with van der Waals surface area (Å²) < 4.78 is 12.3. The summed E-state index contributed by atoms with van der Waals surface area (Å²) >= 11 is 3.59. The minimum atomic E-state index is -0.422. The maximum Gasteiger partial charge on any atom is 0.269 e. The third-order valence-corrected chi connectivity index (χ3v) is 8.50. The molecule has 0 unspecified atom stereocenters. The molecule has 0 bridgehead atoms. The Morgan fingerprint density at radius 1 is 1.07 bits per heavy atom. The third kappa shape index (κ3) is 5.67. The van der Waals surface area contributed by atoms with Crippen LogP contribution in [0.15, 0.2) is 100 Å². The van der Waals surface area contributed by atoms with Crippen LogP contribution in [0.4, 0.5) is 17.1 Å². The molecule has 0 fully saturated rings. The number of non-ortho nitro benzene ring substituents is 1. The molecule has 42 heavy (non-hydrogen) atoms. The monoisotopic (exact) mass is 623 g/mol. The number of hydrogen-bond donors (Lipinski definition) is 1. The summed E-state index contributed by atoms with van der Waals surface area (Å²) in [5.41, 5.74) is 7.75. The molecule has 0 saturated carbocycles. The summed E-state index contributed by atoms with van der Waals surface area (Å²) in [5.74, 6) is 2.05. The maximum absolute atomic E-state index is 10.9. The van der Waals surface area contributed by atoms with Crippen molar-refractivity contribution in [2.24, 2.45) is 10.9 Å². The van der Waals surface area contributed by atoms with Crippen molar-refractivity contribution in [3.8, 4) is 11.5 Å². The van der Waals surface area contributed by atoms with Crippen LogP contribution in [0.1, 0.15) is 46.2 Å². The predicted molar refractivity (Wildman–Crippen MR) is 169 cm³/mol. The molecule has 0 radical (unpaired) electrons. The number of rotatable bonds is 8. The molecule has 1 N–H and O–H groups in total. The fourth-order valence-corrected chi connectivity index (χ4v) is 6.36. The van der Waals surface area contributed by atoms with E-state index < -0.39 is 4.92 Å². The maximum atomic E-state index is 10.9. The Bertz CT molecular complexity index is 1680. The van der Waals surface area contributed by atoms with Gasteiger partial charge in [0.1, 0.15) is 6.61 Å². The van der Waals surface area contributed by atoms with Crippen molar-refractivity contribution < 1.29 is 14.4 Å². The number of nitrogens with one attached hydrogen (secondary N) is 1. The smallest absolute Gasteiger partial charge is 0.269 e. The molecule has 2 aliphatic rings. The van der Waals surface area contributed by atoms with Gasteiger partial charge in [-0.3, -0.25) is 15.1 Å². The standard InChI is InChI=1S/C34H30BrN3O4/c1-21-6-15-31-29(16-21)27-4-3-5-28(27)33(37-31)24-9-11-25(12-10-24)36-19-23-17-30(35)34(32(18-23)41-2)42-20-22-7-13-26(14-8-22)38(39)40/h3-4,6-19,27-28,33,37H,5,20H2,1-2H3/t27-,28-,33-/m0/s1. The van der Waals surface area contributed by atoms with Crippen molar-refractivity contribution in [1.82, 2.24) is 0 Å². The van der Waals surface area contributed by atoms with Crippen LogP contribution in [0.25, 0.3) is 0 Å². The number of hydrogen-bond acceptors (Lipinski definition) is 6. The van der Waals surface area contributed by atoms with E-state index in [0.29, 0.717) is 23.3 Å². The Morgan fingerprint density at radius 3 is 2.60 bits per heavy atom. The van der Waals surface area contributed by atoms with E-state index in [1.165, 1.54) is 34.5 Å². The number of nitro groups is 1. The van der Waals surface area contributed by atoms with Crippen molar-refractivity contribution in [1.29, 1.82) is 0 Å². The molecule has 1 aliphatic heterocycles. The fourth-order valence-electron chi connectivity index (χ4n) is 5.78. The number of halogens is 1. The number of ether oxygens (including phenoxy) is 2. The number of anilines is 1. The van der Waals surface area contributed by atoms with Crippen LogP contribution < -0.4 is 14.8 Å². The highest BCUT2D eigenvalue weighted by atomic mass is 79.9. The zero-order valence-electron chi connectivity index (χ0n) is 23.3. The minimum Gasteiger partial charge on any atom is -0.493 e. The number of aryl methyl sites for hydroxylation is 1. The molecular formula is C34H30BrN3O4. The van der Waals surface area contributed by atoms with Crippen molar-refractivity contribution in [2.45, 2.75) is 31.9 Å². The molecule has 212 valence electrons. The van der Waals surface area contributed by atoms with Crippen LogP contribution in [0.5, 0.6) is 11.5 Å². The molecule has 6 rings (SSSR count). The van der Waals surface area contributed by atoms with Crippen LogP contribution in [-0.2, 0) is 6.61 Å². The fraction of sp³-hybridized carbons (Fsp3) is 0.206. The molecule has 0 amide bonds. The molecule has 0 saturated heterocycles. The number of benzene rings is 4. The van der Waals surface area contributed by atoms with Gasteiger partial charge >= 0.3 is 0 Å². The van der Waals surface area contributed by atoms with Gasteiger partial charge in [-0.05, 0) is 99.9 Å². The largest absolute Gasteiger partial charge is 0.493 e. The van der Waals surface area contributed by atoms with Gasteiger partial charge in [-0.25, -0.2) is 0 Å². The topological polar surface area (TPSA) is 86.0 Å². The summed E-state index contributed by atoms with van der Waals surface area (Å²) in [6.45, 7) is 2.40. The van der Waals surface area contributed by atoms with Gasteiger partial charge < -0.3 is 14.8 Å². The van der Waals surface area contributed by atoms with Gasteiger partial charge in [-0.15, -0.1) is 0 Å². The molecule has 0 spiro atoms. The zero-order chi connectivity index (χ0) is 29.2. The average molecular weight is 625 g/mol. The van der Waals surface area contributed by atoms with E-state index >= 15 is 0 Å². The molecular weight excluding hydrogens is 594 g/mol. The lowest BCUT2D eigenvalue weighted by Gasteiger charge is -2.37. The first kappa shape index (κ1) is 27.7. The lowest BCUT2D eigenvalue weighted by Crippen LogP contribution is -2.29. The van der Waals surface area contributed by atoms with Crippen molar-refractivity contribution in [3.63, 3.8) is 0 Å². The highest BCUT2D eigenvalue weighted by molar-refractivity contribution is 9.10. The van der Waals surface area contributed by atoms with Gasteiger partial charge in [0.05, 0.1) is 28.2 Å². The first-order valence-corrected chi connectivity index (χ1v) is 14.6. The van der Waals surface area contributed by atoms with E-state index in [0.717, 1.165) is 27.7 Å². The van der Waals surface area contributed by atoms with Gasteiger partial charge in [-0.2, -0.15) is 0 Å². The number of fused-ring (bicyclic) bond motifs is 3. The molecule has 3 atom stereocenters. The minimum absolute atomic E-state index is 0.0436. The molecule has 4 aromatic rings. The normalized spacial score (nSPS) is 18.8. The summed E-state index contributed by atoms with van der Waals surface area (Å²) in [6, 6.07) is 25.5. The van der Waals surface area contributed by atoms with E-state index in [-0.39, 0.29) is 18.3 Å². The first-order valence-electron chi connectivity index (χ1n) is 13.8. The quantitative estimate of drug-likeness (QED) is 0.0917. The molecule has 1 heterocycles. The SMILES string of the molecule is COc1cc(C=Nc2ccc([C@@H]3Nc4ccc(C)cc4[C@H]4C=CC[C@@H]43)cc2)cc(Br)c1OCc1ccc([N+](=O)[O-])cc1. The Balaban J connectivity index is 1.15. The lowest BCUT2D eigenvalue weighted by atomic mass is 9.76. The molecule has 1 aliphatic carbocycles. The Morgan fingerprint density at radius 2 is 1.86 bits per heavy atom. The second-order valence-electron chi connectivity index (χ2n) is 10.7. The summed E-state index contributed by atoms with van der Waals surface area (Å²) in [5, 5.41) is 14.7. The Kier molecular flexibility index (Phi) is 7.80. The highest BCUT2D eigenvalue weighted by Gasteiger charge is 2.37. The lowest BCUT2D eigenvalue weighted by molar-refractivity contribution is -0.384. The third-order valence-electron chi connectivity index (χ3n) is 7.92. The van der Waals surface area contributed by atoms with Gasteiger partial charge in [0.2, 0.25) is 0 Å². The molecule has 4 aromatic carbocycles. The van der Waals surface area contributed by atoms with Gasteiger partial charge in [0.25, 0.3) is 5.69 Å². The number of methoxy groups -OCH3 is 1. The summed E-state index contributed by atoms with van der Waals surface area (Å²) in [7, 11) is 1.59. The second kappa shape index (κ2) is 11.8. The van der Waals surface area contributed by atoms with Crippen LogP contribution in [-0.4, -0.2) is 18.2 Å². The predicted octanol–water partition coefficient (Wildman–Crippen LogP) is 8.83. The number of allylic oxidation sites excluding steroid dienone is 2. The average Bonchev–Trinajstić information content (AvgIpc) is 3.50. The van der Waals surface area contributed by atoms with Crippen LogP contribution in [0.3, 0.4) is 0 Å². The molecule has 8 heteroatoms. The molecule has 7 nitrogen and oxygen atoms in total. The summed E-state index contributed by atoms with van der Waals surface area (Å²) in [4.78, 5) is 15.2. The number of aliphatic imine (C=N–C) groups is 1. The summed E-state index contributed by atoms with van der Waals surface area (Å²) in [6.07, 6.45) is 7.56. The number of nitro benzene ring substituents is 1. The first-order chi connectivity index (χ1) is 20.4. The van der Waals surface area contributed by atoms with Crippen LogP contribution in [0, 0.1) is 23.0 Å². The van der Waals surface area contributed by atoms with E-state index in [4.69, 9.17) is 14.5 Å². The van der Waals surface area contributed by atoms with E-state index in [1.807, 2.05) is 12.1 Å². The van der Waals surface area contributed by atoms with Crippen LogP contribution in [0.2, 0.25) is 0 Å². The van der Waals surface area contributed by atoms with E-state index in [2.05, 4.69) is 82.8 Å². The van der Waals surface area contributed by atoms with Crippen molar-refractivity contribution in [2.75, 3.05) is 12.4 Å². The van der Waals surface area contributed by atoms with Crippen molar-refractivity contribution in [3.05, 3.63) is 133 Å². The van der Waals surface area contributed by atoms with Gasteiger partial charge in [-0.1, -0.05) is 42.0 Å². The highest BCUT2D eigenvalue weighted by Crippen LogP contribution is 2.50. The second-order valence-corrected chi connectivity index (χ2v) is 11.5.